The minimum absolute atomic E-state index is 0.274. The summed E-state index contributed by atoms with van der Waals surface area (Å²) in [5, 5.41) is 12.9. The maximum absolute atomic E-state index is 12.0. The number of aliphatic hydroxyl groups excluding tert-OH is 1. The van der Waals surface area contributed by atoms with Crippen LogP contribution in [0.3, 0.4) is 0 Å². The summed E-state index contributed by atoms with van der Waals surface area (Å²) in [5.41, 5.74) is 4.58. The zero-order valence-electron chi connectivity index (χ0n) is 10.1. The van der Waals surface area contributed by atoms with Gasteiger partial charge in [0, 0.05) is 5.56 Å². The average Bonchev–Trinajstić information content (AvgIpc) is 2.73. The monoisotopic (exact) mass is 266 g/mol. The molecule has 2 amide bonds. The fraction of sp³-hybridized carbons (Fsp3) is 0.333. The van der Waals surface area contributed by atoms with Crippen molar-refractivity contribution in [2.24, 2.45) is 5.73 Å². The summed E-state index contributed by atoms with van der Waals surface area (Å²) in [6, 6.07) is 1.68. The fourth-order valence-corrected chi connectivity index (χ4v) is 1.86. The highest BCUT2D eigenvalue weighted by Gasteiger charge is 2.28. The Morgan fingerprint density at radius 2 is 2.22 bits per heavy atom. The molecule has 0 aliphatic carbocycles. The number of hydrogen-bond acceptors (Lipinski definition) is 4. The van der Waals surface area contributed by atoms with Crippen LogP contribution in [-0.2, 0) is 4.79 Å². The minimum Gasteiger partial charge on any atom is -0.384 e. The van der Waals surface area contributed by atoms with Crippen LogP contribution in [0.4, 0.5) is 0 Å². The van der Waals surface area contributed by atoms with Crippen LogP contribution in [0.25, 0.3) is 0 Å². The molecular weight excluding hydrogens is 252 g/mol. The van der Waals surface area contributed by atoms with Gasteiger partial charge in [0.1, 0.15) is 17.0 Å². The summed E-state index contributed by atoms with van der Waals surface area (Å²) in [6.45, 7) is 2.78. The zero-order chi connectivity index (χ0) is 13.8. The third kappa shape index (κ3) is 3.32. The Balaban J connectivity index is 2.92. The second-order valence-electron chi connectivity index (χ2n) is 4.07. The molecule has 1 aromatic heterocycles. The van der Waals surface area contributed by atoms with Gasteiger partial charge in [-0.05, 0) is 25.3 Å². The number of carbonyl (C=O) groups excluding carboxylic acids is 2. The Morgan fingerprint density at radius 1 is 1.56 bits per heavy atom. The van der Waals surface area contributed by atoms with Crippen molar-refractivity contribution < 1.29 is 14.7 Å². The molecule has 0 radical (unpaired) electrons. The summed E-state index contributed by atoms with van der Waals surface area (Å²) >= 11 is 1.21. The van der Waals surface area contributed by atoms with Gasteiger partial charge in [-0.1, -0.05) is 11.8 Å². The lowest BCUT2D eigenvalue weighted by molar-refractivity contribution is -0.122. The third-order valence-electron chi connectivity index (χ3n) is 2.22. The fourth-order valence-electron chi connectivity index (χ4n) is 1.12. The molecule has 0 aliphatic heterocycles. The van der Waals surface area contributed by atoms with E-state index < -0.39 is 17.4 Å². The van der Waals surface area contributed by atoms with E-state index in [-0.39, 0.29) is 6.61 Å². The van der Waals surface area contributed by atoms with Gasteiger partial charge in [0.2, 0.25) is 5.91 Å². The number of carbonyl (C=O) groups is 2. The van der Waals surface area contributed by atoms with Crippen LogP contribution in [0.1, 0.15) is 29.1 Å². The molecule has 0 fully saturated rings. The molecular formula is C12H14N2O3S. The molecule has 5 nitrogen and oxygen atoms in total. The molecule has 0 spiro atoms. The molecule has 1 aromatic rings. The molecule has 0 saturated carbocycles. The SMILES string of the molecule is CC(C)(NC(=O)c1sccc1C#CCO)C(N)=O. The number of amides is 2. The molecule has 6 heteroatoms. The molecule has 0 bridgehead atoms. The van der Waals surface area contributed by atoms with Crippen LogP contribution >= 0.6 is 11.3 Å². The maximum Gasteiger partial charge on any atom is 0.263 e. The van der Waals surface area contributed by atoms with Crippen molar-refractivity contribution in [2.75, 3.05) is 6.61 Å². The summed E-state index contributed by atoms with van der Waals surface area (Å²) in [7, 11) is 0. The van der Waals surface area contributed by atoms with E-state index in [2.05, 4.69) is 17.2 Å². The highest BCUT2D eigenvalue weighted by molar-refractivity contribution is 7.12. The van der Waals surface area contributed by atoms with Crippen molar-refractivity contribution in [1.29, 1.82) is 0 Å². The molecule has 0 aliphatic rings. The van der Waals surface area contributed by atoms with Crippen LogP contribution in [0.2, 0.25) is 0 Å². The van der Waals surface area contributed by atoms with Crippen LogP contribution in [-0.4, -0.2) is 29.1 Å². The first-order chi connectivity index (χ1) is 8.38. The number of nitrogens with two attached hydrogens (primary N) is 1. The zero-order valence-corrected chi connectivity index (χ0v) is 10.9. The van der Waals surface area contributed by atoms with Gasteiger partial charge in [-0.2, -0.15) is 0 Å². The highest BCUT2D eigenvalue weighted by atomic mass is 32.1. The van der Waals surface area contributed by atoms with Crippen LogP contribution in [0.5, 0.6) is 0 Å². The van der Waals surface area contributed by atoms with Crippen molar-refractivity contribution in [3.05, 3.63) is 21.9 Å². The molecule has 96 valence electrons. The van der Waals surface area contributed by atoms with Crippen molar-refractivity contribution in [3.63, 3.8) is 0 Å². The summed E-state index contributed by atoms with van der Waals surface area (Å²) < 4.78 is 0. The minimum atomic E-state index is -1.12. The van der Waals surface area contributed by atoms with Gasteiger partial charge < -0.3 is 16.2 Å². The first-order valence-corrected chi connectivity index (χ1v) is 6.06. The molecule has 1 rings (SSSR count). The second kappa shape index (κ2) is 5.67. The first-order valence-electron chi connectivity index (χ1n) is 5.18. The Labute approximate surface area is 109 Å². The predicted octanol–water partition coefficient (Wildman–Crippen LogP) is 0.0856. The van der Waals surface area contributed by atoms with Gasteiger partial charge in [-0.15, -0.1) is 11.3 Å². The molecule has 18 heavy (non-hydrogen) atoms. The van der Waals surface area contributed by atoms with E-state index >= 15 is 0 Å². The molecule has 4 N–H and O–H groups in total. The number of nitrogens with one attached hydrogen (secondary N) is 1. The van der Waals surface area contributed by atoms with Gasteiger partial charge in [-0.3, -0.25) is 9.59 Å². The largest absolute Gasteiger partial charge is 0.384 e. The van der Waals surface area contributed by atoms with Crippen molar-refractivity contribution in [1.82, 2.24) is 5.32 Å². The van der Waals surface area contributed by atoms with Gasteiger partial charge in [-0.25, -0.2) is 0 Å². The van der Waals surface area contributed by atoms with E-state index in [0.717, 1.165) is 0 Å². The maximum atomic E-state index is 12.0. The summed E-state index contributed by atoms with van der Waals surface area (Å²) in [5.74, 6) is 4.12. The number of thiophene rings is 1. The second-order valence-corrected chi connectivity index (χ2v) is 4.98. The Bertz CT molecular complexity index is 523. The molecule has 0 aromatic carbocycles. The summed E-state index contributed by atoms with van der Waals surface area (Å²) in [6.07, 6.45) is 0. The molecule has 1 heterocycles. The lowest BCUT2D eigenvalue weighted by atomic mass is 10.0. The van der Waals surface area contributed by atoms with Gasteiger partial charge in [0.15, 0.2) is 0 Å². The molecule has 0 atom stereocenters. The van der Waals surface area contributed by atoms with Gasteiger partial charge in [0.25, 0.3) is 5.91 Å². The standard InChI is InChI=1S/C12H14N2O3S/c1-12(2,11(13)17)14-10(16)9-8(4-3-6-15)5-7-18-9/h5,7,15H,6H2,1-2H3,(H2,13,17)(H,14,16). The van der Waals surface area contributed by atoms with Crippen LogP contribution in [0, 0.1) is 11.8 Å². The van der Waals surface area contributed by atoms with E-state index in [0.29, 0.717) is 10.4 Å². The van der Waals surface area contributed by atoms with Crippen molar-refractivity contribution >= 4 is 23.2 Å². The predicted molar refractivity (Wildman–Crippen MR) is 69.0 cm³/mol. The quantitative estimate of drug-likeness (QED) is 0.677. The van der Waals surface area contributed by atoms with Crippen LogP contribution in [0.15, 0.2) is 11.4 Å². The topological polar surface area (TPSA) is 92.4 Å². The molecule has 0 unspecified atom stereocenters. The van der Waals surface area contributed by atoms with Crippen molar-refractivity contribution in [2.45, 2.75) is 19.4 Å². The van der Waals surface area contributed by atoms with E-state index in [1.807, 2.05) is 0 Å². The third-order valence-corrected chi connectivity index (χ3v) is 3.13. The number of rotatable bonds is 3. The summed E-state index contributed by atoms with van der Waals surface area (Å²) in [4.78, 5) is 23.5. The number of hydrogen-bond donors (Lipinski definition) is 3. The highest BCUT2D eigenvalue weighted by Crippen LogP contribution is 2.17. The Morgan fingerprint density at radius 3 is 2.78 bits per heavy atom. The lowest BCUT2D eigenvalue weighted by Gasteiger charge is -2.21. The van der Waals surface area contributed by atoms with E-state index in [1.165, 1.54) is 25.2 Å². The smallest absolute Gasteiger partial charge is 0.263 e. The number of aliphatic hydroxyl groups is 1. The van der Waals surface area contributed by atoms with Crippen molar-refractivity contribution in [3.8, 4) is 11.8 Å². The van der Waals surface area contributed by atoms with Gasteiger partial charge >= 0.3 is 0 Å². The van der Waals surface area contributed by atoms with E-state index in [9.17, 15) is 9.59 Å². The van der Waals surface area contributed by atoms with E-state index in [4.69, 9.17) is 10.8 Å². The number of primary amides is 1. The Kier molecular flexibility index (Phi) is 4.48. The lowest BCUT2D eigenvalue weighted by Crippen LogP contribution is -2.52. The van der Waals surface area contributed by atoms with Gasteiger partial charge in [0.05, 0.1) is 0 Å². The average molecular weight is 266 g/mol. The Hall–Kier alpha value is -1.84. The molecule has 0 saturated heterocycles. The first kappa shape index (κ1) is 14.2. The van der Waals surface area contributed by atoms with E-state index in [1.54, 1.807) is 11.4 Å². The van der Waals surface area contributed by atoms with Crippen LogP contribution < -0.4 is 11.1 Å². The normalized spacial score (nSPS) is 10.4.